The first-order valence-corrected chi connectivity index (χ1v) is 9.22. The van der Waals surface area contributed by atoms with Gasteiger partial charge in [-0.1, -0.05) is 18.5 Å². The zero-order valence-corrected chi connectivity index (χ0v) is 15.6. The van der Waals surface area contributed by atoms with Crippen LogP contribution in [0, 0.1) is 5.92 Å². The fourth-order valence-corrected chi connectivity index (χ4v) is 3.93. The first-order chi connectivity index (χ1) is 12.7. The number of rotatable bonds is 5. The zero-order chi connectivity index (χ0) is 18.1. The van der Waals surface area contributed by atoms with Gasteiger partial charge in [-0.05, 0) is 32.0 Å². The molecule has 1 fully saturated rings. The molecule has 0 saturated carbocycles. The van der Waals surface area contributed by atoms with E-state index in [0.717, 1.165) is 30.9 Å². The minimum Gasteiger partial charge on any atom is -0.493 e. The van der Waals surface area contributed by atoms with Crippen LogP contribution in [0.1, 0.15) is 37.9 Å². The summed E-state index contributed by atoms with van der Waals surface area (Å²) in [7, 11) is 3.24. The summed E-state index contributed by atoms with van der Waals surface area (Å²) in [4.78, 5) is 8.30. The molecular formula is C19H26N2O5. The van der Waals surface area contributed by atoms with Gasteiger partial charge in [0.1, 0.15) is 0 Å². The smallest absolute Gasteiger partial charge is 0.231 e. The van der Waals surface area contributed by atoms with Crippen molar-refractivity contribution in [2.75, 3.05) is 40.6 Å². The summed E-state index contributed by atoms with van der Waals surface area (Å²) < 4.78 is 22.3. The van der Waals surface area contributed by atoms with Gasteiger partial charge in [-0.25, -0.2) is 0 Å². The SMILES string of the molecule is COc1cc([C@H]2ON=C(CN3CCCCC3)[C@@H]2C)c(OC)c2c1OCO2. The summed E-state index contributed by atoms with van der Waals surface area (Å²) in [6.45, 7) is 5.44. The Bertz CT molecular complexity index is 700. The molecule has 0 amide bonds. The summed E-state index contributed by atoms with van der Waals surface area (Å²) in [6, 6.07) is 1.91. The second-order valence-electron chi connectivity index (χ2n) is 7.00. The second kappa shape index (κ2) is 7.23. The molecule has 4 rings (SSSR count). The van der Waals surface area contributed by atoms with Crippen LogP contribution in [-0.2, 0) is 4.84 Å². The number of oxime groups is 1. The molecule has 0 radical (unpaired) electrons. The molecule has 0 aromatic heterocycles. The highest BCUT2D eigenvalue weighted by Gasteiger charge is 2.38. The van der Waals surface area contributed by atoms with Crippen LogP contribution >= 0.6 is 0 Å². The third-order valence-electron chi connectivity index (χ3n) is 5.42. The molecule has 0 spiro atoms. The number of benzene rings is 1. The molecule has 7 nitrogen and oxygen atoms in total. The van der Waals surface area contributed by atoms with E-state index in [0.29, 0.717) is 23.0 Å². The Labute approximate surface area is 153 Å². The van der Waals surface area contributed by atoms with Crippen LogP contribution in [0.15, 0.2) is 11.2 Å². The lowest BCUT2D eigenvalue weighted by molar-refractivity contribution is 0.0628. The number of likely N-dealkylation sites (tertiary alicyclic amines) is 1. The normalized spacial score (nSPS) is 25.0. The molecule has 0 bridgehead atoms. The summed E-state index contributed by atoms with van der Waals surface area (Å²) >= 11 is 0. The van der Waals surface area contributed by atoms with Gasteiger partial charge in [0.25, 0.3) is 0 Å². The summed E-state index contributed by atoms with van der Waals surface area (Å²) in [6.07, 6.45) is 3.62. The Morgan fingerprint density at radius 1 is 1.12 bits per heavy atom. The summed E-state index contributed by atoms with van der Waals surface area (Å²) in [5.41, 5.74) is 1.95. The topological polar surface area (TPSA) is 61.8 Å². The highest BCUT2D eigenvalue weighted by Crippen LogP contribution is 2.53. The molecule has 0 aliphatic carbocycles. The van der Waals surface area contributed by atoms with Crippen LogP contribution in [0.5, 0.6) is 23.0 Å². The Morgan fingerprint density at radius 2 is 1.88 bits per heavy atom. The maximum absolute atomic E-state index is 5.84. The van der Waals surface area contributed by atoms with Crippen molar-refractivity contribution in [3.05, 3.63) is 11.6 Å². The first-order valence-electron chi connectivity index (χ1n) is 9.22. The van der Waals surface area contributed by atoms with E-state index in [9.17, 15) is 0 Å². The lowest BCUT2D eigenvalue weighted by atomic mass is 9.92. The molecule has 142 valence electrons. The standard InChI is InChI=1S/C19H26N2O5/c1-12-14(10-21-7-5-4-6-8-21)20-26-16(12)13-9-15(22-2)18-19(17(13)23-3)25-11-24-18/h9,12,16H,4-8,10-11H2,1-3H3/t12-,16-/m0/s1. The molecule has 0 unspecified atom stereocenters. The number of piperidine rings is 1. The van der Waals surface area contributed by atoms with Crippen molar-refractivity contribution >= 4 is 5.71 Å². The second-order valence-corrected chi connectivity index (χ2v) is 7.00. The maximum atomic E-state index is 5.84. The summed E-state index contributed by atoms with van der Waals surface area (Å²) in [5.74, 6) is 2.55. The predicted octanol–water partition coefficient (Wildman–Crippen LogP) is 2.98. The highest BCUT2D eigenvalue weighted by atomic mass is 16.7. The van der Waals surface area contributed by atoms with E-state index in [1.165, 1.54) is 19.3 Å². The molecule has 0 N–H and O–H groups in total. The predicted molar refractivity (Wildman–Crippen MR) is 96.4 cm³/mol. The molecule has 3 aliphatic rings. The Morgan fingerprint density at radius 3 is 2.62 bits per heavy atom. The molecule has 1 saturated heterocycles. The van der Waals surface area contributed by atoms with Gasteiger partial charge in [0.2, 0.25) is 18.3 Å². The molecule has 3 aliphatic heterocycles. The van der Waals surface area contributed by atoms with Gasteiger partial charge >= 0.3 is 0 Å². The van der Waals surface area contributed by atoms with Gasteiger partial charge < -0.3 is 23.8 Å². The van der Waals surface area contributed by atoms with Gasteiger partial charge in [0.15, 0.2) is 17.6 Å². The molecule has 2 atom stereocenters. The number of methoxy groups -OCH3 is 2. The lowest BCUT2D eigenvalue weighted by Gasteiger charge is -2.27. The van der Waals surface area contributed by atoms with Crippen molar-refractivity contribution in [1.29, 1.82) is 0 Å². The first kappa shape index (κ1) is 17.3. The number of ether oxygens (including phenoxy) is 4. The van der Waals surface area contributed by atoms with E-state index in [-0.39, 0.29) is 18.8 Å². The summed E-state index contributed by atoms with van der Waals surface area (Å²) in [5, 5.41) is 4.40. The van der Waals surface area contributed by atoms with E-state index in [4.69, 9.17) is 23.8 Å². The van der Waals surface area contributed by atoms with Crippen LogP contribution in [-0.4, -0.2) is 51.3 Å². The fraction of sp³-hybridized carbons (Fsp3) is 0.632. The molecule has 1 aromatic rings. The molecule has 3 heterocycles. The largest absolute Gasteiger partial charge is 0.493 e. The van der Waals surface area contributed by atoms with Crippen LogP contribution in [0.3, 0.4) is 0 Å². The van der Waals surface area contributed by atoms with E-state index >= 15 is 0 Å². The third kappa shape index (κ3) is 2.94. The van der Waals surface area contributed by atoms with Crippen LogP contribution < -0.4 is 18.9 Å². The van der Waals surface area contributed by atoms with Crippen molar-refractivity contribution < 1.29 is 23.8 Å². The highest BCUT2D eigenvalue weighted by molar-refractivity contribution is 5.90. The van der Waals surface area contributed by atoms with Crippen molar-refractivity contribution in [1.82, 2.24) is 4.90 Å². The van der Waals surface area contributed by atoms with Crippen molar-refractivity contribution in [3.8, 4) is 23.0 Å². The quantitative estimate of drug-likeness (QED) is 0.802. The lowest BCUT2D eigenvalue weighted by Crippen LogP contribution is -2.36. The van der Waals surface area contributed by atoms with Crippen LogP contribution in [0.2, 0.25) is 0 Å². The van der Waals surface area contributed by atoms with E-state index in [1.54, 1.807) is 14.2 Å². The molecule has 7 heteroatoms. The van der Waals surface area contributed by atoms with E-state index in [1.807, 2.05) is 6.07 Å². The van der Waals surface area contributed by atoms with Gasteiger partial charge in [-0.2, -0.15) is 0 Å². The Kier molecular flexibility index (Phi) is 4.80. The van der Waals surface area contributed by atoms with Crippen molar-refractivity contribution in [2.45, 2.75) is 32.3 Å². The van der Waals surface area contributed by atoms with Gasteiger partial charge in [0.05, 0.1) is 19.9 Å². The molecule has 1 aromatic carbocycles. The number of nitrogens with zero attached hydrogens (tertiary/aromatic N) is 2. The van der Waals surface area contributed by atoms with Gasteiger partial charge in [0, 0.05) is 18.0 Å². The average molecular weight is 362 g/mol. The maximum Gasteiger partial charge on any atom is 0.231 e. The average Bonchev–Trinajstić information content (AvgIpc) is 3.29. The zero-order valence-electron chi connectivity index (χ0n) is 15.6. The number of hydrogen-bond acceptors (Lipinski definition) is 7. The van der Waals surface area contributed by atoms with Gasteiger partial charge in [-0.15, -0.1) is 0 Å². The van der Waals surface area contributed by atoms with Crippen molar-refractivity contribution in [3.63, 3.8) is 0 Å². The van der Waals surface area contributed by atoms with Crippen molar-refractivity contribution in [2.24, 2.45) is 11.1 Å². The monoisotopic (exact) mass is 362 g/mol. The van der Waals surface area contributed by atoms with E-state index in [2.05, 4.69) is 17.0 Å². The van der Waals surface area contributed by atoms with Crippen LogP contribution in [0.25, 0.3) is 0 Å². The number of fused-ring (bicyclic) bond motifs is 1. The fourth-order valence-electron chi connectivity index (χ4n) is 3.93. The van der Waals surface area contributed by atoms with E-state index < -0.39 is 0 Å². The van der Waals surface area contributed by atoms with Crippen LogP contribution in [0.4, 0.5) is 0 Å². The molecule has 26 heavy (non-hydrogen) atoms. The third-order valence-corrected chi connectivity index (χ3v) is 5.42. The minimum atomic E-state index is -0.229. The molecular weight excluding hydrogens is 336 g/mol. The minimum absolute atomic E-state index is 0.149. The van der Waals surface area contributed by atoms with Gasteiger partial charge in [-0.3, -0.25) is 4.90 Å². The Balaban J connectivity index is 1.58. The number of hydrogen-bond donors (Lipinski definition) is 0. The Hall–Kier alpha value is -2.15.